The van der Waals surface area contributed by atoms with Crippen LogP contribution in [0.25, 0.3) is 0 Å². The fourth-order valence-corrected chi connectivity index (χ4v) is 2.96. The maximum Gasteiger partial charge on any atom is 0.191 e. The molecular weight excluding hydrogens is 258 g/mol. The van der Waals surface area contributed by atoms with Gasteiger partial charge < -0.3 is 9.67 Å². The SMILES string of the molecule is Cn1c(SCC(O)c2ccccc2)nnc1C1CC1. The lowest BCUT2D eigenvalue weighted by Crippen LogP contribution is -2.02. The highest BCUT2D eigenvalue weighted by Gasteiger charge is 2.29. The second kappa shape index (κ2) is 5.35. The largest absolute Gasteiger partial charge is 0.388 e. The molecule has 1 aliphatic carbocycles. The summed E-state index contributed by atoms with van der Waals surface area (Å²) in [6.45, 7) is 0. The first kappa shape index (κ1) is 12.7. The lowest BCUT2D eigenvalue weighted by molar-refractivity contribution is 0.204. The van der Waals surface area contributed by atoms with Crippen LogP contribution >= 0.6 is 11.8 Å². The van der Waals surface area contributed by atoms with Crippen LogP contribution in [0.2, 0.25) is 0 Å². The standard InChI is InChI=1S/C14H17N3OS/c1-17-13(11-7-8-11)15-16-14(17)19-9-12(18)10-5-3-2-4-6-10/h2-6,11-12,18H,7-9H2,1H3. The number of nitrogens with zero attached hydrogens (tertiary/aromatic N) is 3. The highest BCUT2D eigenvalue weighted by Crippen LogP contribution is 2.39. The molecule has 1 aromatic carbocycles. The highest BCUT2D eigenvalue weighted by atomic mass is 32.2. The number of thioether (sulfide) groups is 1. The van der Waals surface area contributed by atoms with E-state index in [1.54, 1.807) is 11.8 Å². The Morgan fingerprint density at radius 2 is 2.05 bits per heavy atom. The second-order valence-electron chi connectivity index (χ2n) is 4.91. The fourth-order valence-electron chi connectivity index (χ4n) is 2.07. The van der Waals surface area contributed by atoms with Gasteiger partial charge in [-0.1, -0.05) is 42.1 Å². The number of aliphatic hydroxyl groups is 1. The average Bonchev–Trinajstić information content (AvgIpc) is 3.22. The van der Waals surface area contributed by atoms with Gasteiger partial charge in [-0.2, -0.15) is 0 Å². The minimum absolute atomic E-state index is 0.465. The quantitative estimate of drug-likeness (QED) is 0.852. The zero-order chi connectivity index (χ0) is 13.2. The highest BCUT2D eigenvalue weighted by molar-refractivity contribution is 7.99. The van der Waals surface area contributed by atoms with E-state index < -0.39 is 6.10 Å². The van der Waals surface area contributed by atoms with Crippen molar-refractivity contribution in [3.63, 3.8) is 0 Å². The minimum atomic E-state index is -0.465. The number of hydrogen-bond donors (Lipinski definition) is 1. The lowest BCUT2D eigenvalue weighted by Gasteiger charge is -2.10. The van der Waals surface area contributed by atoms with Crippen molar-refractivity contribution in [3.8, 4) is 0 Å². The monoisotopic (exact) mass is 275 g/mol. The van der Waals surface area contributed by atoms with E-state index in [4.69, 9.17) is 0 Å². The van der Waals surface area contributed by atoms with Gasteiger partial charge in [0.1, 0.15) is 5.82 Å². The lowest BCUT2D eigenvalue weighted by atomic mass is 10.1. The van der Waals surface area contributed by atoms with Crippen LogP contribution in [0.5, 0.6) is 0 Å². The molecule has 1 heterocycles. The molecule has 0 radical (unpaired) electrons. The maximum atomic E-state index is 10.1. The summed E-state index contributed by atoms with van der Waals surface area (Å²) >= 11 is 1.56. The first-order chi connectivity index (χ1) is 9.25. The van der Waals surface area contributed by atoms with Crippen molar-refractivity contribution in [2.45, 2.75) is 30.0 Å². The average molecular weight is 275 g/mol. The number of aliphatic hydroxyl groups excluding tert-OH is 1. The number of hydrogen-bond acceptors (Lipinski definition) is 4. The van der Waals surface area contributed by atoms with Crippen LogP contribution in [0, 0.1) is 0 Å². The molecule has 2 aromatic rings. The van der Waals surface area contributed by atoms with E-state index in [2.05, 4.69) is 14.8 Å². The fraction of sp³-hybridized carbons (Fsp3) is 0.429. The van der Waals surface area contributed by atoms with E-state index in [1.807, 2.05) is 37.4 Å². The van der Waals surface area contributed by atoms with Gasteiger partial charge in [0.05, 0.1) is 6.10 Å². The normalized spacial score (nSPS) is 16.5. The van der Waals surface area contributed by atoms with E-state index in [0.29, 0.717) is 11.7 Å². The Hall–Kier alpha value is -1.33. The molecule has 0 amide bonds. The zero-order valence-corrected chi connectivity index (χ0v) is 11.7. The van der Waals surface area contributed by atoms with Gasteiger partial charge in [-0.25, -0.2) is 0 Å². The Balaban J connectivity index is 1.63. The van der Waals surface area contributed by atoms with Gasteiger partial charge in [-0.15, -0.1) is 10.2 Å². The van der Waals surface area contributed by atoms with Crippen LogP contribution in [-0.2, 0) is 7.05 Å². The van der Waals surface area contributed by atoms with Gasteiger partial charge in [-0.3, -0.25) is 0 Å². The molecule has 1 saturated carbocycles. The first-order valence-corrected chi connectivity index (χ1v) is 7.49. The molecule has 0 spiro atoms. The molecule has 0 bridgehead atoms. The third-order valence-corrected chi connectivity index (χ3v) is 4.46. The molecule has 1 atom stereocenters. The molecule has 0 saturated heterocycles. The third kappa shape index (κ3) is 2.82. The van der Waals surface area contributed by atoms with Crippen LogP contribution in [0.3, 0.4) is 0 Å². The predicted molar refractivity (Wildman–Crippen MR) is 75.1 cm³/mol. The topological polar surface area (TPSA) is 50.9 Å². The minimum Gasteiger partial charge on any atom is -0.388 e. The Bertz CT molecular complexity index is 551. The van der Waals surface area contributed by atoms with Crippen molar-refractivity contribution >= 4 is 11.8 Å². The van der Waals surface area contributed by atoms with E-state index in [1.165, 1.54) is 12.8 Å². The van der Waals surface area contributed by atoms with E-state index in [0.717, 1.165) is 16.5 Å². The molecule has 1 unspecified atom stereocenters. The summed E-state index contributed by atoms with van der Waals surface area (Å²) < 4.78 is 2.06. The van der Waals surface area contributed by atoms with Crippen molar-refractivity contribution in [1.82, 2.24) is 14.8 Å². The van der Waals surface area contributed by atoms with Crippen LogP contribution in [0.1, 0.15) is 36.3 Å². The van der Waals surface area contributed by atoms with Crippen LogP contribution in [0.15, 0.2) is 35.5 Å². The molecule has 0 aliphatic heterocycles. The Morgan fingerprint density at radius 1 is 1.32 bits per heavy atom. The van der Waals surface area contributed by atoms with Gasteiger partial charge in [-0.05, 0) is 18.4 Å². The van der Waals surface area contributed by atoms with Crippen molar-refractivity contribution in [2.24, 2.45) is 7.05 Å². The van der Waals surface area contributed by atoms with Gasteiger partial charge in [0.15, 0.2) is 5.16 Å². The van der Waals surface area contributed by atoms with Crippen LogP contribution in [0.4, 0.5) is 0 Å². The van der Waals surface area contributed by atoms with E-state index in [9.17, 15) is 5.11 Å². The maximum absolute atomic E-state index is 10.1. The molecule has 1 aromatic heterocycles. The summed E-state index contributed by atoms with van der Waals surface area (Å²) in [5.41, 5.74) is 0.944. The van der Waals surface area contributed by atoms with Gasteiger partial charge in [0, 0.05) is 18.7 Å². The van der Waals surface area contributed by atoms with Gasteiger partial charge in [0.25, 0.3) is 0 Å². The van der Waals surface area contributed by atoms with Crippen molar-refractivity contribution in [3.05, 3.63) is 41.7 Å². The molecule has 3 rings (SSSR count). The Labute approximate surface area is 116 Å². The van der Waals surface area contributed by atoms with Gasteiger partial charge >= 0.3 is 0 Å². The molecule has 1 N–H and O–H groups in total. The van der Waals surface area contributed by atoms with E-state index >= 15 is 0 Å². The molecule has 1 aliphatic rings. The summed E-state index contributed by atoms with van der Waals surface area (Å²) in [6, 6.07) is 9.72. The summed E-state index contributed by atoms with van der Waals surface area (Å²) in [6.07, 6.45) is 1.99. The Kier molecular flexibility index (Phi) is 3.57. The van der Waals surface area contributed by atoms with Crippen molar-refractivity contribution in [2.75, 3.05) is 5.75 Å². The summed E-state index contributed by atoms with van der Waals surface area (Å²) in [7, 11) is 2.00. The van der Waals surface area contributed by atoms with Crippen LogP contribution < -0.4 is 0 Å². The molecule has 1 fully saturated rings. The summed E-state index contributed by atoms with van der Waals surface area (Å²) in [4.78, 5) is 0. The van der Waals surface area contributed by atoms with Crippen molar-refractivity contribution < 1.29 is 5.11 Å². The predicted octanol–water partition coefficient (Wildman–Crippen LogP) is 2.52. The van der Waals surface area contributed by atoms with Gasteiger partial charge in [0.2, 0.25) is 0 Å². The molecule has 5 heteroatoms. The number of aromatic nitrogens is 3. The molecule has 100 valence electrons. The Morgan fingerprint density at radius 3 is 2.74 bits per heavy atom. The number of benzene rings is 1. The zero-order valence-electron chi connectivity index (χ0n) is 10.9. The summed E-state index contributed by atoms with van der Waals surface area (Å²) in [5, 5.41) is 19.5. The van der Waals surface area contributed by atoms with Crippen molar-refractivity contribution in [1.29, 1.82) is 0 Å². The molecular formula is C14H17N3OS. The third-order valence-electron chi connectivity index (χ3n) is 3.37. The van der Waals surface area contributed by atoms with E-state index in [-0.39, 0.29) is 0 Å². The smallest absolute Gasteiger partial charge is 0.191 e. The molecule has 19 heavy (non-hydrogen) atoms. The second-order valence-corrected chi connectivity index (χ2v) is 5.90. The first-order valence-electron chi connectivity index (χ1n) is 6.51. The summed E-state index contributed by atoms with van der Waals surface area (Å²) in [5.74, 6) is 2.28. The number of rotatable bonds is 5. The molecule has 4 nitrogen and oxygen atoms in total. The van der Waals surface area contributed by atoms with Crippen LogP contribution in [-0.4, -0.2) is 25.6 Å².